The van der Waals surface area contributed by atoms with E-state index in [1.54, 1.807) is 4.90 Å². The maximum absolute atomic E-state index is 11.9. The van der Waals surface area contributed by atoms with Crippen LogP contribution in [0.1, 0.15) is 26.7 Å². The van der Waals surface area contributed by atoms with Gasteiger partial charge in [0.1, 0.15) is 12.4 Å². The third-order valence-electron chi connectivity index (χ3n) is 3.05. The van der Waals surface area contributed by atoms with Crippen molar-refractivity contribution in [2.24, 2.45) is 0 Å². The summed E-state index contributed by atoms with van der Waals surface area (Å²) in [6.07, 6.45) is 1.45. The lowest BCUT2D eigenvalue weighted by molar-refractivity contribution is -0.130. The molecule has 0 saturated carbocycles. The number of carbonyl (C=O) groups is 1. The van der Waals surface area contributed by atoms with E-state index in [-0.39, 0.29) is 5.91 Å². The van der Waals surface area contributed by atoms with Gasteiger partial charge in [0.15, 0.2) is 0 Å². The summed E-state index contributed by atoms with van der Waals surface area (Å²) in [5.74, 6) is 0.986. The summed E-state index contributed by atoms with van der Waals surface area (Å²) in [5.41, 5.74) is 0. The van der Waals surface area contributed by atoms with E-state index in [9.17, 15) is 4.79 Å². The van der Waals surface area contributed by atoms with E-state index in [0.717, 1.165) is 23.2 Å². The Morgan fingerprint density at radius 3 is 2.62 bits per heavy atom. The molecule has 0 aliphatic rings. The molecule has 0 saturated heterocycles. The van der Waals surface area contributed by atoms with Crippen LogP contribution in [-0.4, -0.2) is 43.6 Å². The lowest BCUT2D eigenvalue weighted by Crippen LogP contribution is -2.31. The molecular weight excluding hydrogens is 332 g/mol. The summed E-state index contributed by atoms with van der Waals surface area (Å²) >= 11 is 3.38. The Bertz CT molecular complexity index is 421. The summed E-state index contributed by atoms with van der Waals surface area (Å²) in [5, 5.41) is 3.31. The van der Waals surface area contributed by atoms with Crippen LogP contribution in [0.5, 0.6) is 5.75 Å². The molecule has 0 aromatic heterocycles. The Morgan fingerprint density at radius 2 is 2.00 bits per heavy atom. The van der Waals surface area contributed by atoms with Crippen molar-refractivity contribution in [2.75, 3.05) is 26.7 Å². The first-order valence-electron chi connectivity index (χ1n) is 7.34. The van der Waals surface area contributed by atoms with Gasteiger partial charge in [0.25, 0.3) is 0 Å². The van der Waals surface area contributed by atoms with E-state index in [0.29, 0.717) is 25.6 Å². The van der Waals surface area contributed by atoms with E-state index in [2.05, 4.69) is 35.1 Å². The molecule has 0 bridgehead atoms. The van der Waals surface area contributed by atoms with Crippen LogP contribution >= 0.6 is 15.9 Å². The first-order chi connectivity index (χ1) is 9.99. The van der Waals surface area contributed by atoms with Crippen molar-refractivity contribution >= 4 is 21.8 Å². The van der Waals surface area contributed by atoms with Gasteiger partial charge in [0.2, 0.25) is 5.91 Å². The Morgan fingerprint density at radius 1 is 1.33 bits per heavy atom. The molecule has 0 atom stereocenters. The smallest absolute Gasteiger partial charge is 0.222 e. The van der Waals surface area contributed by atoms with Crippen molar-refractivity contribution in [3.05, 3.63) is 28.7 Å². The highest BCUT2D eigenvalue weighted by atomic mass is 79.9. The first kappa shape index (κ1) is 18.0. The van der Waals surface area contributed by atoms with Crippen LogP contribution < -0.4 is 10.1 Å². The van der Waals surface area contributed by atoms with Crippen LogP contribution in [0, 0.1) is 0 Å². The van der Waals surface area contributed by atoms with Crippen molar-refractivity contribution in [2.45, 2.75) is 32.7 Å². The fourth-order valence-corrected chi connectivity index (χ4v) is 2.04. The number of rotatable bonds is 9. The lowest BCUT2D eigenvalue weighted by atomic mass is 10.2. The second-order valence-corrected chi connectivity index (χ2v) is 6.25. The van der Waals surface area contributed by atoms with Crippen molar-refractivity contribution < 1.29 is 9.53 Å². The molecule has 0 heterocycles. The number of nitrogens with one attached hydrogen (secondary N) is 1. The van der Waals surface area contributed by atoms with Gasteiger partial charge in [-0.05, 0) is 37.2 Å². The van der Waals surface area contributed by atoms with E-state index < -0.39 is 0 Å². The zero-order valence-corrected chi connectivity index (χ0v) is 14.6. The normalized spacial score (nSPS) is 10.7. The van der Waals surface area contributed by atoms with Crippen LogP contribution in [0.15, 0.2) is 28.7 Å². The van der Waals surface area contributed by atoms with E-state index in [1.807, 2.05) is 31.3 Å². The number of carbonyl (C=O) groups excluding carboxylic acids is 1. The second-order valence-electron chi connectivity index (χ2n) is 5.33. The maximum Gasteiger partial charge on any atom is 0.222 e. The van der Waals surface area contributed by atoms with Gasteiger partial charge in [0, 0.05) is 24.0 Å². The number of nitrogens with zero attached hydrogens (tertiary/aromatic N) is 1. The Hall–Kier alpha value is -1.07. The molecule has 0 fully saturated rings. The Labute approximate surface area is 136 Å². The number of hydrogen-bond donors (Lipinski definition) is 1. The van der Waals surface area contributed by atoms with Gasteiger partial charge < -0.3 is 15.0 Å². The van der Waals surface area contributed by atoms with Crippen LogP contribution in [0.4, 0.5) is 0 Å². The molecule has 0 radical (unpaired) electrons. The molecule has 1 amide bonds. The number of hydrogen-bond acceptors (Lipinski definition) is 3. The summed E-state index contributed by atoms with van der Waals surface area (Å²) in [7, 11) is 1.82. The zero-order chi connectivity index (χ0) is 15.7. The van der Waals surface area contributed by atoms with Crippen molar-refractivity contribution in [1.82, 2.24) is 10.2 Å². The van der Waals surface area contributed by atoms with Gasteiger partial charge in [-0.2, -0.15) is 0 Å². The third kappa shape index (κ3) is 8.07. The molecule has 4 nitrogen and oxygen atoms in total. The van der Waals surface area contributed by atoms with Gasteiger partial charge in [-0.25, -0.2) is 0 Å². The van der Waals surface area contributed by atoms with E-state index >= 15 is 0 Å². The SMILES string of the molecule is CC(C)NCCCC(=O)N(C)CCOc1ccc(Br)cc1. The van der Waals surface area contributed by atoms with Crippen molar-refractivity contribution in [3.8, 4) is 5.75 Å². The molecule has 0 aliphatic carbocycles. The van der Waals surface area contributed by atoms with Gasteiger partial charge in [-0.15, -0.1) is 0 Å². The van der Waals surface area contributed by atoms with Crippen LogP contribution in [0.3, 0.4) is 0 Å². The molecule has 1 N–H and O–H groups in total. The van der Waals surface area contributed by atoms with Gasteiger partial charge in [0.05, 0.1) is 6.54 Å². The minimum absolute atomic E-state index is 0.167. The Kier molecular flexibility index (Phi) is 8.38. The molecule has 1 rings (SSSR count). The standard InChI is InChI=1S/C16H25BrN2O2/c1-13(2)18-10-4-5-16(20)19(3)11-12-21-15-8-6-14(17)7-9-15/h6-9,13,18H,4-5,10-12H2,1-3H3. The van der Waals surface area contributed by atoms with Crippen molar-refractivity contribution in [1.29, 1.82) is 0 Å². The highest BCUT2D eigenvalue weighted by Gasteiger charge is 2.08. The summed E-state index contributed by atoms with van der Waals surface area (Å²) < 4.78 is 6.64. The number of halogens is 1. The zero-order valence-electron chi connectivity index (χ0n) is 13.1. The van der Waals surface area contributed by atoms with Gasteiger partial charge in [-0.1, -0.05) is 29.8 Å². The summed E-state index contributed by atoms with van der Waals surface area (Å²) in [6.45, 7) is 6.20. The summed E-state index contributed by atoms with van der Waals surface area (Å²) in [6, 6.07) is 8.15. The number of amides is 1. The number of benzene rings is 1. The minimum Gasteiger partial charge on any atom is -0.492 e. The molecule has 21 heavy (non-hydrogen) atoms. The minimum atomic E-state index is 0.167. The molecule has 0 unspecified atom stereocenters. The lowest BCUT2D eigenvalue weighted by Gasteiger charge is -2.18. The largest absolute Gasteiger partial charge is 0.492 e. The van der Waals surface area contributed by atoms with Crippen LogP contribution in [0.25, 0.3) is 0 Å². The van der Waals surface area contributed by atoms with Gasteiger partial charge >= 0.3 is 0 Å². The molecule has 0 spiro atoms. The highest BCUT2D eigenvalue weighted by Crippen LogP contribution is 2.15. The molecule has 1 aromatic rings. The second kappa shape index (κ2) is 9.79. The van der Waals surface area contributed by atoms with Crippen molar-refractivity contribution in [3.63, 3.8) is 0 Å². The summed E-state index contributed by atoms with van der Waals surface area (Å²) in [4.78, 5) is 13.6. The number of ether oxygens (including phenoxy) is 1. The fraction of sp³-hybridized carbons (Fsp3) is 0.562. The molecule has 118 valence electrons. The molecular formula is C16H25BrN2O2. The Balaban J connectivity index is 2.16. The monoisotopic (exact) mass is 356 g/mol. The quantitative estimate of drug-likeness (QED) is 0.691. The molecule has 0 aliphatic heterocycles. The average molecular weight is 357 g/mol. The van der Waals surface area contributed by atoms with Crippen LogP contribution in [-0.2, 0) is 4.79 Å². The van der Waals surface area contributed by atoms with E-state index in [4.69, 9.17) is 4.74 Å². The predicted octanol–water partition coefficient (Wildman–Crippen LogP) is 3.06. The maximum atomic E-state index is 11.9. The van der Waals surface area contributed by atoms with Crippen LogP contribution in [0.2, 0.25) is 0 Å². The van der Waals surface area contributed by atoms with E-state index in [1.165, 1.54) is 0 Å². The first-order valence-corrected chi connectivity index (χ1v) is 8.14. The topological polar surface area (TPSA) is 41.6 Å². The highest BCUT2D eigenvalue weighted by molar-refractivity contribution is 9.10. The molecule has 5 heteroatoms. The third-order valence-corrected chi connectivity index (χ3v) is 3.58. The fourth-order valence-electron chi connectivity index (χ4n) is 1.78. The predicted molar refractivity (Wildman–Crippen MR) is 89.6 cm³/mol. The average Bonchev–Trinajstić information content (AvgIpc) is 2.45. The number of likely N-dealkylation sites (N-methyl/N-ethyl adjacent to an activating group) is 1. The van der Waals surface area contributed by atoms with Gasteiger partial charge in [-0.3, -0.25) is 4.79 Å². The molecule has 1 aromatic carbocycles.